The SMILES string of the molecule is O=C([NH2+]CCc1cccc(Cl)c1)c1ccc2nn(CC3COc4ccccc4O3)cc2c1. The van der Waals surface area contributed by atoms with E-state index < -0.39 is 0 Å². The lowest BCUT2D eigenvalue weighted by Gasteiger charge is -2.26. The van der Waals surface area contributed by atoms with Crippen LogP contribution in [0.2, 0.25) is 5.02 Å². The van der Waals surface area contributed by atoms with Gasteiger partial charge in [-0.05, 0) is 48.0 Å². The predicted molar refractivity (Wildman–Crippen MR) is 122 cm³/mol. The molecule has 1 aliphatic heterocycles. The maximum atomic E-state index is 12.6. The molecule has 0 radical (unpaired) electrons. The minimum atomic E-state index is -0.125. The molecule has 1 unspecified atom stereocenters. The zero-order chi connectivity index (χ0) is 21.9. The first-order valence-electron chi connectivity index (χ1n) is 10.6. The molecule has 0 aliphatic carbocycles. The predicted octanol–water partition coefficient (Wildman–Crippen LogP) is 3.48. The summed E-state index contributed by atoms with van der Waals surface area (Å²) >= 11 is 6.02. The molecule has 4 aromatic rings. The van der Waals surface area contributed by atoms with Gasteiger partial charge in [0.25, 0.3) is 0 Å². The van der Waals surface area contributed by atoms with Crippen LogP contribution in [-0.4, -0.2) is 34.9 Å². The van der Waals surface area contributed by atoms with Crippen LogP contribution >= 0.6 is 11.6 Å². The van der Waals surface area contributed by atoms with Crippen molar-refractivity contribution in [3.63, 3.8) is 0 Å². The van der Waals surface area contributed by atoms with Gasteiger partial charge in [-0.15, -0.1) is 0 Å². The highest BCUT2D eigenvalue weighted by Crippen LogP contribution is 2.31. The molecule has 0 saturated carbocycles. The normalized spacial score (nSPS) is 15.1. The number of amides is 1. The van der Waals surface area contributed by atoms with Crippen molar-refractivity contribution < 1.29 is 19.6 Å². The van der Waals surface area contributed by atoms with E-state index in [1.807, 2.05) is 77.6 Å². The number of nitrogens with two attached hydrogens (primary N) is 1. The Hall–Kier alpha value is -3.35. The monoisotopic (exact) mass is 448 g/mol. The summed E-state index contributed by atoms with van der Waals surface area (Å²) < 4.78 is 13.7. The topological polar surface area (TPSA) is 70.0 Å². The van der Waals surface area contributed by atoms with Crippen molar-refractivity contribution >= 4 is 28.4 Å². The number of hydrogen-bond acceptors (Lipinski definition) is 4. The highest BCUT2D eigenvalue weighted by molar-refractivity contribution is 6.30. The number of carbonyl (C=O) groups is 1. The summed E-state index contributed by atoms with van der Waals surface area (Å²) in [7, 11) is 0. The number of ether oxygens (including phenoxy) is 2. The third kappa shape index (κ3) is 4.61. The molecular formula is C25H23ClN3O3+. The van der Waals surface area contributed by atoms with E-state index in [9.17, 15) is 4.79 Å². The first kappa shape index (κ1) is 20.5. The van der Waals surface area contributed by atoms with Crippen LogP contribution < -0.4 is 14.8 Å². The molecule has 0 fully saturated rings. The smallest absolute Gasteiger partial charge is 0.342 e. The Labute approximate surface area is 190 Å². The number of carbonyl (C=O) groups excluding carboxylic acids is 1. The van der Waals surface area contributed by atoms with Gasteiger partial charge >= 0.3 is 5.91 Å². The summed E-state index contributed by atoms with van der Waals surface area (Å²) in [5.41, 5.74) is 2.63. The maximum absolute atomic E-state index is 12.6. The molecule has 3 aromatic carbocycles. The Kier molecular flexibility index (Phi) is 5.79. The number of fused-ring (bicyclic) bond motifs is 2. The lowest BCUT2D eigenvalue weighted by molar-refractivity contribution is -0.554. The average molecular weight is 449 g/mol. The number of rotatable bonds is 6. The van der Waals surface area contributed by atoms with Crippen molar-refractivity contribution in [1.29, 1.82) is 0 Å². The van der Waals surface area contributed by atoms with Crippen LogP contribution in [0.4, 0.5) is 0 Å². The second kappa shape index (κ2) is 9.02. The fraction of sp³-hybridized carbons (Fsp3) is 0.200. The number of aromatic nitrogens is 2. The number of quaternary nitrogens is 1. The molecule has 2 heterocycles. The quantitative estimate of drug-likeness (QED) is 0.490. The van der Waals surface area contributed by atoms with Crippen molar-refractivity contribution in [3.8, 4) is 11.5 Å². The van der Waals surface area contributed by atoms with Crippen LogP contribution in [0, 0.1) is 0 Å². The molecule has 5 rings (SSSR count). The van der Waals surface area contributed by atoms with E-state index >= 15 is 0 Å². The number of benzene rings is 3. The summed E-state index contributed by atoms with van der Waals surface area (Å²) in [5, 5.41) is 7.99. The van der Waals surface area contributed by atoms with Crippen molar-refractivity contribution in [2.45, 2.75) is 19.1 Å². The van der Waals surface area contributed by atoms with E-state index in [1.165, 1.54) is 0 Å². The second-order valence-corrected chi connectivity index (χ2v) is 8.30. The van der Waals surface area contributed by atoms with Crippen LogP contribution in [-0.2, 0) is 13.0 Å². The van der Waals surface area contributed by atoms with E-state index in [-0.39, 0.29) is 12.0 Å². The van der Waals surface area contributed by atoms with E-state index in [0.29, 0.717) is 30.3 Å². The van der Waals surface area contributed by atoms with Crippen LogP contribution in [0.3, 0.4) is 0 Å². The zero-order valence-corrected chi connectivity index (χ0v) is 18.2. The van der Waals surface area contributed by atoms with Crippen molar-refractivity contribution in [2.24, 2.45) is 0 Å². The summed E-state index contributed by atoms with van der Waals surface area (Å²) in [6.07, 6.45) is 2.60. The van der Waals surface area contributed by atoms with Gasteiger partial charge in [-0.25, -0.2) is 4.79 Å². The molecule has 7 heteroatoms. The van der Waals surface area contributed by atoms with Crippen LogP contribution in [0.5, 0.6) is 11.5 Å². The van der Waals surface area contributed by atoms with Crippen molar-refractivity contribution in [2.75, 3.05) is 13.2 Å². The minimum absolute atomic E-state index is 0.0160. The van der Waals surface area contributed by atoms with Crippen LogP contribution in [0.15, 0.2) is 72.9 Å². The Morgan fingerprint density at radius 2 is 1.97 bits per heavy atom. The highest BCUT2D eigenvalue weighted by atomic mass is 35.5. The molecule has 2 N–H and O–H groups in total. The summed E-state index contributed by atoms with van der Waals surface area (Å²) in [4.78, 5) is 12.6. The van der Waals surface area contributed by atoms with Crippen molar-refractivity contribution in [1.82, 2.24) is 9.78 Å². The standard InChI is InChI=1S/C25H22ClN3O3/c26-20-5-3-4-17(12-20)10-11-27-25(30)18-8-9-22-19(13-18)14-29(28-22)15-21-16-31-23-6-1-2-7-24(23)32-21/h1-9,12-14,21H,10-11,15-16H2,(H,27,30)/p+1. The van der Waals surface area contributed by atoms with Gasteiger partial charge in [0.15, 0.2) is 17.6 Å². The number of para-hydroxylation sites is 2. The summed E-state index contributed by atoms with van der Waals surface area (Å²) in [6.45, 7) is 1.70. The maximum Gasteiger partial charge on any atom is 0.342 e. The Morgan fingerprint density at radius 1 is 1.09 bits per heavy atom. The van der Waals surface area contributed by atoms with Gasteiger partial charge in [0.1, 0.15) is 6.61 Å². The second-order valence-electron chi connectivity index (χ2n) is 7.86. The highest BCUT2D eigenvalue weighted by Gasteiger charge is 2.21. The third-order valence-electron chi connectivity index (χ3n) is 5.45. The lowest BCUT2D eigenvalue weighted by Crippen LogP contribution is -2.88. The first-order valence-corrected chi connectivity index (χ1v) is 11.0. The number of nitrogens with zero attached hydrogens (tertiary/aromatic N) is 2. The summed E-state index contributed by atoms with van der Waals surface area (Å²) in [5.74, 6) is 1.54. The summed E-state index contributed by atoms with van der Waals surface area (Å²) in [6, 6.07) is 21.0. The number of primary amides is 1. The van der Waals surface area contributed by atoms with Gasteiger partial charge < -0.3 is 9.47 Å². The van der Waals surface area contributed by atoms with Gasteiger partial charge in [0.2, 0.25) is 0 Å². The zero-order valence-electron chi connectivity index (χ0n) is 17.4. The fourth-order valence-corrected chi connectivity index (χ4v) is 4.08. The van der Waals surface area contributed by atoms with Crippen molar-refractivity contribution in [3.05, 3.63) is 89.1 Å². The minimum Gasteiger partial charge on any atom is -0.486 e. The van der Waals surface area contributed by atoms with E-state index in [2.05, 4.69) is 5.10 Å². The molecule has 6 nitrogen and oxygen atoms in total. The molecule has 1 amide bonds. The van der Waals surface area contributed by atoms with Crippen LogP contribution in [0.1, 0.15) is 15.9 Å². The molecule has 0 bridgehead atoms. The lowest BCUT2D eigenvalue weighted by atomic mass is 10.1. The Bertz CT molecular complexity index is 1270. The molecule has 1 atom stereocenters. The van der Waals surface area contributed by atoms with Gasteiger partial charge in [0.05, 0.1) is 24.2 Å². The average Bonchev–Trinajstić information content (AvgIpc) is 3.20. The van der Waals surface area contributed by atoms with Gasteiger partial charge in [-0.1, -0.05) is 35.9 Å². The molecule has 0 spiro atoms. The number of halogens is 1. The number of hydrogen-bond donors (Lipinski definition) is 1. The largest absolute Gasteiger partial charge is 0.486 e. The molecule has 1 aliphatic rings. The first-order chi connectivity index (χ1) is 15.6. The third-order valence-corrected chi connectivity index (χ3v) is 5.68. The molecule has 1 aromatic heterocycles. The molecular weight excluding hydrogens is 426 g/mol. The molecule has 32 heavy (non-hydrogen) atoms. The van der Waals surface area contributed by atoms with Gasteiger partial charge in [-0.3, -0.25) is 10.00 Å². The molecule has 0 saturated heterocycles. The van der Waals surface area contributed by atoms with Crippen LogP contribution in [0.25, 0.3) is 10.9 Å². The van der Waals surface area contributed by atoms with E-state index in [4.69, 9.17) is 21.1 Å². The van der Waals surface area contributed by atoms with E-state index in [1.54, 1.807) is 5.32 Å². The fourth-order valence-electron chi connectivity index (χ4n) is 3.87. The Balaban J connectivity index is 1.21. The molecule has 162 valence electrons. The van der Waals surface area contributed by atoms with Gasteiger partial charge in [-0.2, -0.15) is 5.10 Å². The van der Waals surface area contributed by atoms with E-state index in [0.717, 1.165) is 34.4 Å². The van der Waals surface area contributed by atoms with Gasteiger partial charge in [0, 0.05) is 23.0 Å². The Morgan fingerprint density at radius 3 is 2.84 bits per heavy atom.